The second-order valence-electron chi connectivity index (χ2n) is 4.69. The molecule has 2 aromatic rings. The van der Waals surface area contributed by atoms with Gasteiger partial charge in [-0.05, 0) is 18.2 Å². The van der Waals surface area contributed by atoms with Crippen molar-refractivity contribution in [3.05, 3.63) is 41.7 Å². The van der Waals surface area contributed by atoms with Crippen LogP contribution in [0, 0.1) is 11.3 Å². The highest BCUT2D eigenvalue weighted by Crippen LogP contribution is 2.26. The molecular weight excluding hydrogens is 268 g/mol. The van der Waals surface area contributed by atoms with Crippen molar-refractivity contribution in [2.75, 3.05) is 31.8 Å². The van der Waals surface area contributed by atoms with E-state index in [-0.39, 0.29) is 16.9 Å². The Kier molecular flexibility index (Phi) is 3.85. The fourth-order valence-corrected chi connectivity index (χ4v) is 2.04. The summed E-state index contributed by atoms with van der Waals surface area (Å²) >= 11 is 0. The summed E-state index contributed by atoms with van der Waals surface area (Å²) in [5, 5.41) is 9.10. The van der Waals surface area contributed by atoms with Crippen LogP contribution in [0.15, 0.2) is 30.5 Å². The number of methoxy groups -OCH3 is 1. The molecule has 0 aliphatic carbocycles. The molecule has 1 heterocycles. The minimum absolute atomic E-state index is 0.125. The highest BCUT2D eigenvalue weighted by molar-refractivity contribution is 5.96. The Labute approximate surface area is 122 Å². The number of nitrogens with zero attached hydrogens (tertiary/aromatic N) is 3. The lowest BCUT2D eigenvalue weighted by molar-refractivity contribution is 0.0593. The van der Waals surface area contributed by atoms with Crippen LogP contribution in [0.25, 0.3) is 5.69 Å². The zero-order valence-electron chi connectivity index (χ0n) is 12.1. The third-order valence-corrected chi connectivity index (χ3v) is 3.17. The van der Waals surface area contributed by atoms with Crippen LogP contribution in [0.3, 0.4) is 0 Å². The molecule has 0 saturated heterocycles. The molecule has 0 saturated carbocycles. The molecule has 6 heteroatoms. The van der Waals surface area contributed by atoms with E-state index in [0.29, 0.717) is 0 Å². The number of nitriles is 1. The minimum atomic E-state index is -0.579. The smallest absolute Gasteiger partial charge is 0.357 e. The van der Waals surface area contributed by atoms with Gasteiger partial charge in [-0.1, -0.05) is 6.07 Å². The number of hydrogen-bond donors (Lipinski definition) is 1. The van der Waals surface area contributed by atoms with Crippen molar-refractivity contribution in [2.45, 2.75) is 0 Å². The normalized spacial score (nSPS) is 10.0. The molecule has 1 aromatic heterocycles. The van der Waals surface area contributed by atoms with Gasteiger partial charge in [-0.3, -0.25) is 0 Å². The quantitative estimate of drug-likeness (QED) is 0.868. The Balaban J connectivity index is 2.66. The lowest BCUT2D eigenvalue weighted by atomic mass is 10.2. The van der Waals surface area contributed by atoms with Crippen LogP contribution < -0.4 is 10.6 Å². The molecule has 0 fully saturated rings. The number of hydrogen-bond acceptors (Lipinski definition) is 5. The van der Waals surface area contributed by atoms with Crippen molar-refractivity contribution in [1.29, 1.82) is 5.26 Å². The van der Waals surface area contributed by atoms with Crippen molar-refractivity contribution in [2.24, 2.45) is 0 Å². The summed E-state index contributed by atoms with van der Waals surface area (Å²) in [6, 6.07) is 9.52. The molecule has 0 radical (unpaired) electrons. The van der Waals surface area contributed by atoms with Gasteiger partial charge in [0.25, 0.3) is 0 Å². The van der Waals surface area contributed by atoms with Gasteiger partial charge < -0.3 is 19.9 Å². The third kappa shape index (κ3) is 2.54. The number of anilines is 2. The topological polar surface area (TPSA) is 84.3 Å². The maximum absolute atomic E-state index is 11.9. The Bertz CT molecular complexity index is 726. The van der Waals surface area contributed by atoms with E-state index in [2.05, 4.69) is 0 Å². The number of nitrogens with two attached hydrogens (primary N) is 1. The zero-order valence-corrected chi connectivity index (χ0v) is 12.1. The number of carbonyl (C=O) groups excluding carboxylic acids is 1. The largest absolute Gasteiger partial charge is 0.464 e. The van der Waals surface area contributed by atoms with E-state index >= 15 is 0 Å². The maximum Gasteiger partial charge on any atom is 0.357 e. The predicted molar refractivity (Wildman–Crippen MR) is 80.6 cm³/mol. The SMILES string of the molecule is COC(=O)c1c(N)c(C#N)cn1-c1cccc(N(C)C)c1. The number of benzene rings is 1. The van der Waals surface area contributed by atoms with Gasteiger partial charge in [0.1, 0.15) is 6.07 Å². The van der Waals surface area contributed by atoms with E-state index in [9.17, 15) is 4.79 Å². The molecule has 21 heavy (non-hydrogen) atoms. The number of rotatable bonds is 3. The first kappa shape index (κ1) is 14.5. The molecule has 0 spiro atoms. The van der Waals surface area contributed by atoms with Crippen LogP contribution in [-0.4, -0.2) is 31.7 Å². The molecule has 2 N–H and O–H groups in total. The van der Waals surface area contributed by atoms with Crippen molar-refractivity contribution >= 4 is 17.3 Å². The van der Waals surface area contributed by atoms with E-state index in [1.807, 2.05) is 49.3 Å². The summed E-state index contributed by atoms with van der Waals surface area (Å²) in [7, 11) is 5.12. The summed E-state index contributed by atoms with van der Waals surface area (Å²) in [6.45, 7) is 0. The number of nitrogen functional groups attached to an aromatic ring is 1. The minimum Gasteiger partial charge on any atom is -0.464 e. The first-order valence-electron chi connectivity index (χ1n) is 6.26. The van der Waals surface area contributed by atoms with Crippen LogP contribution in [0.2, 0.25) is 0 Å². The van der Waals surface area contributed by atoms with Gasteiger partial charge >= 0.3 is 5.97 Å². The predicted octanol–water partition coefficient (Wildman–Crippen LogP) is 1.78. The molecule has 0 atom stereocenters. The first-order valence-corrected chi connectivity index (χ1v) is 6.26. The molecule has 6 nitrogen and oxygen atoms in total. The average molecular weight is 284 g/mol. The van der Waals surface area contributed by atoms with Crippen molar-refractivity contribution < 1.29 is 9.53 Å². The van der Waals surface area contributed by atoms with Gasteiger partial charge in [0.2, 0.25) is 0 Å². The number of carbonyl (C=O) groups is 1. The fourth-order valence-electron chi connectivity index (χ4n) is 2.04. The van der Waals surface area contributed by atoms with Crippen LogP contribution in [0.1, 0.15) is 16.1 Å². The van der Waals surface area contributed by atoms with Crippen LogP contribution in [0.5, 0.6) is 0 Å². The van der Waals surface area contributed by atoms with Crippen LogP contribution >= 0.6 is 0 Å². The maximum atomic E-state index is 11.9. The third-order valence-electron chi connectivity index (χ3n) is 3.17. The lowest BCUT2D eigenvalue weighted by Crippen LogP contribution is -2.12. The number of aromatic nitrogens is 1. The molecule has 108 valence electrons. The van der Waals surface area contributed by atoms with Gasteiger partial charge in [0.05, 0.1) is 18.4 Å². The van der Waals surface area contributed by atoms with Crippen LogP contribution in [0.4, 0.5) is 11.4 Å². The highest BCUT2D eigenvalue weighted by atomic mass is 16.5. The van der Waals surface area contributed by atoms with Gasteiger partial charge in [0, 0.05) is 31.7 Å². The van der Waals surface area contributed by atoms with Crippen molar-refractivity contribution in [3.8, 4) is 11.8 Å². The van der Waals surface area contributed by atoms with Gasteiger partial charge in [-0.2, -0.15) is 5.26 Å². The van der Waals surface area contributed by atoms with Crippen molar-refractivity contribution in [1.82, 2.24) is 4.57 Å². The molecule has 1 aromatic carbocycles. The van der Waals surface area contributed by atoms with E-state index in [1.165, 1.54) is 13.3 Å². The van der Waals surface area contributed by atoms with E-state index < -0.39 is 5.97 Å². The lowest BCUT2D eigenvalue weighted by Gasteiger charge is -2.15. The standard InChI is InChI=1S/C15H16N4O2/c1-18(2)11-5-4-6-12(7-11)19-9-10(8-16)13(17)14(19)15(20)21-3/h4-7,9H,17H2,1-3H3. The molecule has 0 bridgehead atoms. The van der Waals surface area contributed by atoms with E-state index in [1.54, 1.807) is 4.57 Å². The summed E-state index contributed by atoms with van der Waals surface area (Å²) in [5.74, 6) is -0.579. The first-order chi connectivity index (χ1) is 9.99. The summed E-state index contributed by atoms with van der Waals surface area (Å²) in [5.41, 5.74) is 8.09. The Morgan fingerprint density at radius 2 is 2.14 bits per heavy atom. The average Bonchev–Trinajstić information content (AvgIpc) is 2.83. The van der Waals surface area contributed by atoms with Crippen LogP contribution in [-0.2, 0) is 4.74 Å². The van der Waals surface area contributed by atoms with E-state index in [4.69, 9.17) is 15.7 Å². The summed E-state index contributed by atoms with van der Waals surface area (Å²) in [4.78, 5) is 13.9. The van der Waals surface area contributed by atoms with Crippen molar-refractivity contribution in [3.63, 3.8) is 0 Å². The fraction of sp³-hybridized carbons (Fsp3) is 0.200. The summed E-state index contributed by atoms with van der Waals surface area (Å²) in [6.07, 6.45) is 1.54. The Morgan fingerprint density at radius 3 is 2.71 bits per heavy atom. The molecular formula is C15H16N4O2. The highest BCUT2D eigenvalue weighted by Gasteiger charge is 2.21. The second-order valence-corrected chi connectivity index (χ2v) is 4.69. The molecule has 0 aliphatic heterocycles. The number of ether oxygens (including phenoxy) is 1. The summed E-state index contributed by atoms with van der Waals surface area (Å²) < 4.78 is 6.33. The zero-order chi connectivity index (χ0) is 15.6. The molecule has 0 aliphatic rings. The van der Waals surface area contributed by atoms with Gasteiger partial charge in [-0.25, -0.2) is 4.79 Å². The Morgan fingerprint density at radius 1 is 1.43 bits per heavy atom. The molecule has 0 amide bonds. The monoisotopic (exact) mass is 284 g/mol. The number of esters is 1. The molecule has 2 rings (SSSR count). The van der Waals surface area contributed by atoms with Gasteiger partial charge in [-0.15, -0.1) is 0 Å². The van der Waals surface area contributed by atoms with E-state index in [0.717, 1.165) is 11.4 Å². The van der Waals surface area contributed by atoms with Gasteiger partial charge in [0.15, 0.2) is 5.69 Å². The Hall–Kier alpha value is -2.94. The second kappa shape index (κ2) is 5.59. The molecule has 0 unspecified atom stereocenters.